The Bertz CT molecular complexity index is 735. The Kier molecular flexibility index (Phi) is 8.50. The van der Waals surface area contributed by atoms with Gasteiger partial charge < -0.3 is 50.6 Å². The molecule has 2 saturated heterocycles. The second-order valence-corrected chi connectivity index (χ2v) is 7.76. The number of hydrogen-bond donors (Lipinski definition) is 7. The predicted octanol–water partition coefficient (Wildman–Crippen LogP) is -3.85. The van der Waals surface area contributed by atoms with Crippen LogP contribution >= 0.6 is 0 Å². The molecule has 3 amide bonds. The molecule has 0 radical (unpaired) electrons. The van der Waals surface area contributed by atoms with Gasteiger partial charge in [-0.05, 0) is 6.92 Å². The van der Waals surface area contributed by atoms with Gasteiger partial charge in [-0.3, -0.25) is 14.4 Å². The quantitative estimate of drug-likeness (QED) is 0.202. The van der Waals surface area contributed by atoms with E-state index in [4.69, 9.17) is 14.2 Å². The normalized spacial score (nSPS) is 39.6. The van der Waals surface area contributed by atoms with Crippen LogP contribution in [0.15, 0.2) is 0 Å². The van der Waals surface area contributed by atoms with E-state index in [-0.39, 0.29) is 0 Å². The summed E-state index contributed by atoms with van der Waals surface area (Å²) in [4.78, 5) is 46.7. The monoisotopic (exact) mass is 463 g/mol. The summed E-state index contributed by atoms with van der Waals surface area (Å²) in [6.45, 7) is 4.87. The zero-order valence-electron chi connectivity index (χ0n) is 17.9. The zero-order valence-corrected chi connectivity index (χ0v) is 17.9. The van der Waals surface area contributed by atoms with Gasteiger partial charge >= 0.3 is 5.97 Å². The van der Waals surface area contributed by atoms with Crippen LogP contribution in [0.2, 0.25) is 0 Å². The molecule has 182 valence electrons. The number of hydrogen-bond acceptors (Lipinski definition) is 10. The van der Waals surface area contributed by atoms with E-state index in [0.29, 0.717) is 0 Å². The number of amides is 3. The highest BCUT2D eigenvalue weighted by Crippen LogP contribution is 2.29. The van der Waals surface area contributed by atoms with Gasteiger partial charge in [0.25, 0.3) is 0 Å². The number of nitrogens with one attached hydrogen (secondary N) is 3. The maximum atomic E-state index is 11.8. The average molecular weight is 463 g/mol. The van der Waals surface area contributed by atoms with Gasteiger partial charge in [0.2, 0.25) is 17.7 Å². The molecule has 0 aromatic rings. The van der Waals surface area contributed by atoms with Crippen LogP contribution in [0.3, 0.4) is 0 Å². The molecule has 2 aliphatic heterocycles. The van der Waals surface area contributed by atoms with Gasteiger partial charge in [-0.15, -0.1) is 0 Å². The molecule has 0 aromatic heterocycles. The van der Waals surface area contributed by atoms with Gasteiger partial charge in [0, 0.05) is 20.8 Å². The Morgan fingerprint density at radius 1 is 0.781 bits per heavy atom. The van der Waals surface area contributed by atoms with E-state index in [9.17, 15) is 39.6 Å². The molecule has 2 fully saturated rings. The summed E-state index contributed by atoms with van der Waals surface area (Å²) in [7, 11) is 0. The highest BCUT2D eigenvalue weighted by atomic mass is 16.7. The summed E-state index contributed by atoms with van der Waals surface area (Å²) >= 11 is 0. The van der Waals surface area contributed by atoms with Gasteiger partial charge in [0.05, 0.1) is 12.1 Å². The smallest absolute Gasteiger partial charge is 0.335 e. The predicted molar refractivity (Wildman–Crippen MR) is 103 cm³/mol. The number of carbonyl (C=O) groups excluding carboxylic acids is 3. The molecule has 10 atom stereocenters. The maximum Gasteiger partial charge on any atom is 0.335 e. The van der Waals surface area contributed by atoms with Crippen LogP contribution in [0, 0.1) is 0 Å². The molecule has 14 heteroatoms. The number of aliphatic carboxylic acids is 1. The van der Waals surface area contributed by atoms with Crippen LogP contribution in [0.5, 0.6) is 0 Å². The van der Waals surface area contributed by atoms with Crippen molar-refractivity contribution in [3.63, 3.8) is 0 Å². The van der Waals surface area contributed by atoms with Crippen LogP contribution in [0.1, 0.15) is 27.7 Å². The fraction of sp³-hybridized carbons (Fsp3) is 0.778. The fourth-order valence-electron chi connectivity index (χ4n) is 3.74. The third-order valence-electron chi connectivity index (χ3n) is 5.12. The molecule has 0 aliphatic carbocycles. The number of carboxylic acid groups (broad SMARTS) is 1. The highest BCUT2D eigenvalue weighted by molar-refractivity contribution is 5.77. The molecular formula is C18H29N3O11. The summed E-state index contributed by atoms with van der Waals surface area (Å²) in [5, 5.41) is 48.0. The Labute approximate surface area is 183 Å². The largest absolute Gasteiger partial charge is 0.479 e. The Morgan fingerprint density at radius 2 is 1.28 bits per heavy atom. The van der Waals surface area contributed by atoms with Gasteiger partial charge in [-0.1, -0.05) is 0 Å². The fourth-order valence-corrected chi connectivity index (χ4v) is 3.74. The highest BCUT2D eigenvalue weighted by Gasteiger charge is 2.53. The van der Waals surface area contributed by atoms with E-state index >= 15 is 0 Å². The van der Waals surface area contributed by atoms with Crippen molar-refractivity contribution in [1.82, 2.24) is 16.0 Å². The molecule has 32 heavy (non-hydrogen) atoms. The first-order valence-corrected chi connectivity index (χ1v) is 9.88. The number of carboxylic acids is 1. The van der Waals surface area contributed by atoms with Gasteiger partial charge in [-0.25, -0.2) is 4.79 Å². The Morgan fingerprint density at radius 3 is 1.78 bits per heavy atom. The van der Waals surface area contributed by atoms with Crippen LogP contribution in [0.25, 0.3) is 0 Å². The first kappa shape index (κ1) is 25.9. The lowest BCUT2D eigenvalue weighted by molar-refractivity contribution is -0.307. The van der Waals surface area contributed by atoms with Crippen LogP contribution in [0.4, 0.5) is 0 Å². The molecule has 2 aliphatic rings. The summed E-state index contributed by atoms with van der Waals surface area (Å²) in [6.07, 6.45) is -10.6. The van der Waals surface area contributed by atoms with E-state index in [1.807, 2.05) is 0 Å². The van der Waals surface area contributed by atoms with Crippen molar-refractivity contribution in [2.24, 2.45) is 0 Å². The van der Waals surface area contributed by atoms with E-state index < -0.39 is 84.9 Å². The van der Waals surface area contributed by atoms with Crippen molar-refractivity contribution in [3.05, 3.63) is 0 Å². The summed E-state index contributed by atoms with van der Waals surface area (Å²) in [5.74, 6) is -3.38. The zero-order chi connectivity index (χ0) is 24.3. The lowest BCUT2D eigenvalue weighted by Gasteiger charge is -2.48. The van der Waals surface area contributed by atoms with E-state index in [2.05, 4.69) is 16.0 Å². The number of ether oxygens (including phenoxy) is 3. The minimum absolute atomic E-state index is 0.578. The number of aliphatic hydroxyl groups is 3. The molecule has 0 aromatic carbocycles. The van der Waals surface area contributed by atoms with E-state index in [1.54, 1.807) is 0 Å². The Balaban J connectivity index is 2.43. The lowest BCUT2D eigenvalue weighted by Crippen LogP contribution is -2.72. The van der Waals surface area contributed by atoms with Crippen LogP contribution in [-0.2, 0) is 33.4 Å². The first-order valence-electron chi connectivity index (χ1n) is 9.88. The van der Waals surface area contributed by atoms with Crippen molar-refractivity contribution in [1.29, 1.82) is 0 Å². The van der Waals surface area contributed by atoms with E-state index in [0.717, 1.165) is 20.8 Å². The Hall–Kier alpha value is -2.36. The molecule has 2 heterocycles. The molecule has 2 rings (SSSR count). The van der Waals surface area contributed by atoms with Gasteiger partial charge in [0.1, 0.15) is 30.4 Å². The SMILES string of the molecule is CC(=O)N[C@@H]1[C@H](O[C@H]2[C@@H](O)[C@@H](C)OC(O)[C@@H]2NC(C)=O)O[C@H](C(=O)O)[C@@H](O)[C@@H]1NC(C)=O. The van der Waals surface area contributed by atoms with E-state index in [1.165, 1.54) is 6.92 Å². The number of rotatable bonds is 6. The minimum atomic E-state index is -1.86. The van der Waals surface area contributed by atoms with Crippen molar-refractivity contribution in [2.75, 3.05) is 0 Å². The van der Waals surface area contributed by atoms with Crippen molar-refractivity contribution in [2.45, 2.75) is 88.9 Å². The van der Waals surface area contributed by atoms with Gasteiger partial charge in [-0.2, -0.15) is 0 Å². The summed E-state index contributed by atoms with van der Waals surface area (Å²) in [5.41, 5.74) is 0. The molecule has 0 bridgehead atoms. The topological polar surface area (TPSA) is 213 Å². The third kappa shape index (κ3) is 5.90. The summed E-state index contributed by atoms with van der Waals surface area (Å²) < 4.78 is 16.3. The second kappa shape index (κ2) is 10.5. The van der Waals surface area contributed by atoms with Gasteiger partial charge in [0.15, 0.2) is 18.7 Å². The minimum Gasteiger partial charge on any atom is -0.479 e. The maximum absolute atomic E-state index is 11.8. The average Bonchev–Trinajstić information content (AvgIpc) is 2.65. The number of carbonyl (C=O) groups is 4. The molecule has 0 spiro atoms. The number of aliphatic hydroxyl groups excluding tert-OH is 3. The molecular weight excluding hydrogens is 434 g/mol. The van der Waals surface area contributed by atoms with Crippen molar-refractivity contribution >= 4 is 23.7 Å². The molecule has 0 saturated carbocycles. The molecule has 7 N–H and O–H groups in total. The lowest BCUT2D eigenvalue weighted by atomic mass is 9.92. The third-order valence-corrected chi connectivity index (χ3v) is 5.12. The second-order valence-electron chi connectivity index (χ2n) is 7.76. The van der Waals surface area contributed by atoms with Crippen LogP contribution < -0.4 is 16.0 Å². The van der Waals surface area contributed by atoms with Crippen LogP contribution in [-0.4, -0.2) is 105 Å². The summed E-state index contributed by atoms with van der Waals surface area (Å²) in [6, 6.07) is -3.91. The van der Waals surface area contributed by atoms with Crippen molar-refractivity contribution in [3.8, 4) is 0 Å². The molecule has 1 unspecified atom stereocenters. The standard InChI is InChI=1S/C18H29N3O11/c1-5-12(25)14(11(17(29)30-5)21-8(4)24)31-18-10(20-7(3)23)9(19-6(2)22)13(26)15(32-18)16(27)28/h5,9-15,17-18,25-26,29H,1-4H3,(H,19,22)(H,20,23)(H,21,24)(H,27,28)/t5-,9-,10+,11-,12+,13+,14-,15+,17?,18-/m1/s1. The van der Waals surface area contributed by atoms with Crippen molar-refractivity contribution < 1.29 is 53.8 Å². The molecule has 14 nitrogen and oxygen atoms in total. The first-order chi connectivity index (χ1) is 14.8.